The molecule has 10 nitrogen and oxygen atoms in total. The first-order valence-electron chi connectivity index (χ1n) is 7.85. The first-order chi connectivity index (χ1) is 12.9. The molecule has 0 amide bonds. The van der Waals surface area contributed by atoms with Crippen molar-refractivity contribution in [3.05, 3.63) is 65.2 Å². The number of hydrogen-bond donors (Lipinski definition) is 1. The molecule has 138 valence electrons. The van der Waals surface area contributed by atoms with E-state index >= 15 is 0 Å². The standard InChI is InChI=1S/C16H14N6O4S/c1-21-14-8-13(2-3-15(14)26-16(21)23)27(24,25)18-9-11-10-22(20-19-11)12-4-6-17-7-5-12/h2-8,10,18H,9H2,1H3. The van der Waals surface area contributed by atoms with Gasteiger partial charge in [-0.15, -0.1) is 5.10 Å². The van der Waals surface area contributed by atoms with E-state index in [9.17, 15) is 13.2 Å². The Morgan fingerprint density at radius 3 is 2.74 bits per heavy atom. The predicted octanol–water partition coefficient (Wildman–Crippen LogP) is 0.586. The molecule has 3 heterocycles. The second-order valence-electron chi connectivity index (χ2n) is 5.74. The lowest BCUT2D eigenvalue weighted by Crippen LogP contribution is -2.23. The van der Waals surface area contributed by atoms with Gasteiger partial charge in [0.2, 0.25) is 10.0 Å². The van der Waals surface area contributed by atoms with Gasteiger partial charge in [-0.2, -0.15) is 0 Å². The van der Waals surface area contributed by atoms with Crippen LogP contribution in [0.4, 0.5) is 0 Å². The summed E-state index contributed by atoms with van der Waals surface area (Å²) in [5.41, 5.74) is 1.93. The summed E-state index contributed by atoms with van der Waals surface area (Å²) < 4.78 is 35.4. The summed E-state index contributed by atoms with van der Waals surface area (Å²) in [4.78, 5) is 15.5. The Labute approximate surface area is 153 Å². The summed E-state index contributed by atoms with van der Waals surface area (Å²) in [6, 6.07) is 7.73. The Balaban J connectivity index is 1.55. The second-order valence-corrected chi connectivity index (χ2v) is 7.51. The summed E-state index contributed by atoms with van der Waals surface area (Å²) in [6.45, 7) is -0.0320. The van der Waals surface area contributed by atoms with E-state index in [4.69, 9.17) is 4.42 Å². The van der Waals surface area contributed by atoms with Crippen LogP contribution >= 0.6 is 0 Å². The molecule has 0 saturated carbocycles. The lowest BCUT2D eigenvalue weighted by Gasteiger charge is -2.05. The minimum Gasteiger partial charge on any atom is -0.408 e. The second kappa shape index (κ2) is 6.45. The number of rotatable bonds is 5. The average molecular weight is 386 g/mol. The van der Waals surface area contributed by atoms with Crippen LogP contribution in [-0.4, -0.2) is 33.0 Å². The lowest BCUT2D eigenvalue weighted by molar-refractivity contribution is 0.528. The van der Waals surface area contributed by atoms with E-state index in [1.165, 1.54) is 34.5 Å². The topological polar surface area (TPSA) is 125 Å². The Bertz CT molecular complexity index is 1270. The molecule has 0 unspecified atom stereocenters. The van der Waals surface area contributed by atoms with Crippen molar-refractivity contribution in [3.63, 3.8) is 0 Å². The van der Waals surface area contributed by atoms with Gasteiger partial charge in [-0.05, 0) is 30.3 Å². The van der Waals surface area contributed by atoms with E-state index in [1.807, 2.05) is 0 Å². The van der Waals surface area contributed by atoms with Crippen LogP contribution in [0.1, 0.15) is 5.69 Å². The van der Waals surface area contributed by atoms with E-state index in [1.54, 1.807) is 30.7 Å². The number of nitrogens with zero attached hydrogens (tertiary/aromatic N) is 5. The largest absolute Gasteiger partial charge is 0.419 e. The van der Waals surface area contributed by atoms with E-state index < -0.39 is 15.8 Å². The number of nitrogens with one attached hydrogen (secondary N) is 1. The lowest BCUT2D eigenvalue weighted by atomic mass is 10.3. The molecule has 0 aliphatic rings. The zero-order chi connectivity index (χ0) is 19.0. The van der Waals surface area contributed by atoms with Crippen molar-refractivity contribution < 1.29 is 12.8 Å². The van der Waals surface area contributed by atoms with Crippen LogP contribution in [0.3, 0.4) is 0 Å². The number of fused-ring (bicyclic) bond motifs is 1. The summed E-state index contributed by atoms with van der Waals surface area (Å²) in [7, 11) is -2.30. The third-order valence-electron chi connectivity index (χ3n) is 3.98. The summed E-state index contributed by atoms with van der Waals surface area (Å²) in [5, 5.41) is 7.93. The molecule has 27 heavy (non-hydrogen) atoms. The average Bonchev–Trinajstić information content (AvgIpc) is 3.26. The summed E-state index contributed by atoms with van der Waals surface area (Å²) in [5.74, 6) is -0.555. The fourth-order valence-corrected chi connectivity index (χ4v) is 3.55. The maximum atomic E-state index is 12.6. The molecule has 0 aliphatic carbocycles. The maximum absolute atomic E-state index is 12.6. The zero-order valence-corrected chi connectivity index (χ0v) is 14.9. The number of aryl methyl sites for hydroxylation is 1. The molecule has 1 N–H and O–H groups in total. The molecule has 3 aromatic heterocycles. The van der Waals surface area contributed by atoms with Crippen molar-refractivity contribution in [3.8, 4) is 5.69 Å². The van der Waals surface area contributed by atoms with Gasteiger partial charge in [-0.25, -0.2) is 22.6 Å². The third-order valence-corrected chi connectivity index (χ3v) is 5.38. The molecular formula is C16H14N6O4S. The summed E-state index contributed by atoms with van der Waals surface area (Å²) in [6.07, 6.45) is 4.87. The molecule has 4 rings (SSSR count). The van der Waals surface area contributed by atoms with Crippen LogP contribution in [0.25, 0.3) is 16.8 Å². The van der Waals surface area contributed by atoms with Crippen molar-refractivity contribution in [2.75, 3.05) is 0 Å². The SMILES string of the molecule is Cn1c(=O)oc2ccc(S(=O)(=O)NCc3cn(-c4ccncc4)nn3)cc21. The Hall–Kier alpha value is -3.31. The smallest absolute Gasteiger partial charge is 0.408 e. The fourth-order valence-electron chi connectivity index (χ4n) is 2.53. The van der Waals surface area contributed by atoms with Gasteiger partial charge in [0.1, 0.15) is 0 Å². The first-order valence-corrected chi connectivity index (χ1v) is 9.33. The quantitative estimate of drug-likeness (QED) is 0.532. The van der Waals surface area contributed by atoms with Crippen molar-refractivity contribution in [2.24, 2.45) is 7.05 Å². The highest BCUT2D eigenvalue weighted by atomic mass is 32.2. The molecule has 1 aromatic carbocycles. The highest BCUT2D eigenvalue weighted by Gasteiger charge is 2.17. The van der Waals surface area contributed by atoms with Gasteiger partial charge in [0.05, 0.1) is 34.5 Å². The molecule has 0 bridgehead atoms. The minimum absolute atomic E-state index is 0.0212. The minimum atomic E-state index is -3.81. The van der Waals surface area contributed by atoms with Crippen LogP contribution < -0.4 is 10.5 Å². The fraction of sp³-hybridized carbons (Fsp3) is 0.125. The van der Waals surface area contributed by atoms with Gasteiger partial charge < -0.3 is 4.42 Å². The van der Waals surface area contributed by atoms with E-state index in [0.717, 1.165) is 5.69 Å². The molecule has 0 fully saturated rings. The molecule has 0 radical (unpaired) electrons. The normalized spacial score (nSPS) is 11.9. The third kappa shape index (κ3) is 3.25. The highest BCUT2D eigenvalue weighted by Crippen LogP contribution is 2.18. The van der Waals surface area contributed by atoms with Crippen LogP contribution in [0.15, 0.2) is 63.0 Å². The van der Waals surface area contributed by atoms with Gasteiger partial charge in [-0.3, -0.25) is 9.55 Å². The number of sulfonamides is 1. The summed E-state index contributed by atoms with van der Waals surface area (Å²) >= 11 is 0. The van der Waals surface area contributed by atoms with Crippen molar-refractivity contribution in [2.45, 2.75) is 11.4 Å². The van der Waals surface area contributed by atoms with Crippen molar-refractivity contribution >= 4 is 21.1 Å². The highest BCUT2D eigenvalue weighted by molar-refractivity contribution is 7.89. The zero-order valence-electron chi connectivity index (χ0n) is 14.1. The van der Waals surface area contributed by atoms with E-state index in [-0.39, 0.29) is 11.4 Å². The number of oxazole rings is 1. The van der Waals surface area contributed by atoms with Gasteiger partial charge in [0.15, 0.2) is 5.58 Å². The molecule has 0 aliphatic heterocycles. The van der Waals surface area contributed by atoms with Gasteiger partial charge in [0.25, 0.3) is 0 Å². The molecule has 4 aromatic rings. The Morgan fingerprint density at radius 2 is 1.96 bits per heavy atom. The van der Waals surface area contributed by atoms with Crippen LogP contribution in [0, 0.1) is 0 Å². The molecular weight excluding hydrogens is 372 g/mol. The van der Waals surface area contributed by atoms with Crippen LogP contribution in [0.2, 0.25) is 0 Å². The molecule has 11 heteroatoms. The van der Waals surface area contributed by atoms with E-state index in [2.05, 4.69) is 20.0 Å². The van der Waals surface area contributed by atoms with Gasteiger partial charge in [0, 0.05) is 19.4 Å². The monoisotopic (exact) mass is 386 g/mol. The maximum Gasteiger partial charge on any atom is 0.419 e. The number of aromatic nitrogens is 5. The Kier molecular flexibility index (Phi) is 4.09. The molecule has 0 atom stereocenters. The van der Waals surface area contributed by atoms with Crippen molar-refractivity contribution in [1.82, 2.24) is 29.3 Å². The Morgan fingerprint density at radius 1 is 1.19 bits per heavy atom. The number of pyridine rings is 1. The molecule has 0 saturated heterocycles. The van der Waals surface area contributed by atoms with Crippen molar-refractivity contribution in [1.29, 1.82) is 0 Å². The van der Waals surface area contributed by atoms with Gasteiger partial charge >= 0.3 is 5.76 Å². The van der Waals surface area contributed by atoms with Crippen LogP contribution in [0.5, 0.6) is 0 Å². The molecule has 0 spiro atoms. The van der Waals surface area contributed by atoms with Crippen LogP contribution in [-0.2, 0) is 23.6 Å². The first kappa shape index (κ1) is 17.1. The van der Waals surface area contributed by atoms with Gasteiger partial charge in [-0.1, -0.05) is 5.21 Å². The number of benzene rings is 1. The number of hydrogen-bond acceptors (Lipinski definition) is 7. The van der Waals surface area contributed by atoms with E-state index in [0.29, 0.717) is 16.8 Å². The predicted molar refractivity (Wildman–Crippen MR) is 94.6 cm³/mol.